The maximum Gasteiger partial charge on any atom is 0.211 e. The summed E-state index contributed by atoms with van der Waals surface area (Å²) in [6.45, 7) is 3.45. The van der Waals surface area contributed by atoms with E-state index in [0.29, 0.717) is 24.9 Å². The van der Waals surface area contributed by atoms with Crippen molar-refractivity contribution in [1.29, 1.82) is 5.26 Å². The van der Waals surface area contributed by atoms with Crippen molar-refractivity contribution in [2.45, 2.75) is 51.9 Å². The summed E-state index contributed by atoms with van der Waals surface area (Å²) in [7, 11) is -3.08. The van der Waals surface area contributed by atoms with Crippen LogP contribution in [0, 0.1) is 28.6 Å². The van der Waals surface area contributed by atoms with Gasteiger partial charge in [0.15, 0.2) is 0 Å². The summed E-state index contributed by atoms with van der Waals surface area (Å²) in [5.74, 6) is 1.04. The Kier molecular flexibility index (Phi) is 4.76. The first-order valence-electron chi connectivity index (χ1n) is 7.75. The van der Waals surface area contributed by atoms with Gasteiger partial charge in [-0.1, -0.05) is 13.3 Å². The Bertz CT molecular complexity index is 483. The normalized spacial score (nSPS) is 35.9. The zero-order valence-corrected chi connectivity index (χ0v) is 13.5. The monoisotopic (exact) mass is 298 g/mol. The molecule has 2 rings (SSSR count). The van der Waals surface area contributed by atoms with Crippen LogP contribution in [0.25, 0.3) is 0 Å². The van der Waals surface area contributed by atoms with E-state index in [1.165, 1.54) is 6.26 Å². The number of piperidine rings is 1. The predicted octanol–water partition coefficient (Wildman–Crippen LogP) is 2.77. The predicted molar refractivity (Wildman–Crippen MR) is 79.4 cm³/mol. The third-order valence-corrected chi connectivity index (χ3v) is 6.42. The summed E-state index contributed by atoms with van der Waals surface area (Å²) in [6, 6.07) is 2.57. The first-order chi connectivity index (χ1) is 9.38. The lowest BCUT2D eigenvalue weighted by molar-refractivity contribution is 0.200. The van der Waals surface area contributed by atoms with Crippen LogP contribution in [0.4, 0.5) is 0 Å². The second-order valence-electron chi connectivity index (χ2n) is 6.74. The number of nitriles is 1. The third kappa shape index (κ3) is 3.53. The van der Waals surface area contributed by atoms with Crippen LogP contribution in [-0.2, 0) is 10.0 Å². The first kappa shape index (κ1) is 15.8. The molecule has 1 saturated carbocycles. The van der Waals surface area contributed by atoms with Crippen LogP contribution in [0.5, 0.6) is 0 Å². The lowest BCUT2D eigenvalue weighted by Crippen LogP contribution is -2.40. The molecule has 0 aromatic carbocycles. The Morgan fingerprint density at radius 2 is 2.10 bits per heavy atom. The Morgan fingerprint density at radius 1 is 1.35 bits per heavy atom. The molecular formula is C15H26N2O2S. The van der Waals surface area contributed by atoms with Gasteiger partial charge in [-0.05, 0) is 50.4 Å². The highest BCUT2D eigenvalue weighted by atomic mass is 32.2. The van der Waals surface area contributed by atoms with Crippen LogP contribution in [0.2, 0.25) is 0 Å². The van der Waals surface area contributed by atoms with Gasteiger partial charge in [0.25, 0.3) is 0 Å². The Morgan fingerprint density at radius 3 is 2.65 bits per heavy atom. The Balaban J connectivity index is 2.00. The largest absolute Gasteiger partial charge is 0.213 e. The fourth-order valence-electron chi connectivity index (χ4n) is 3.97. The SMILES string of the molecule is CCC1CCC(C#N)(CC2CCCN(S(C)(=O)=O)C2)C1. The molecule has 0 aromatic rings. The number of hydrogen-bond donors (Lipinski definition) is 0. The van der Waals surface area contributed by atoms with Crippen molar-refractivity contribution in [3.63, 3.8) is 0 Å². The Hall–Kier alpha value is -0.600. The molecule has 3 unspecified atom stereocenters. The minimum absolute atomic E-state index is 0.189. The van der Waals surface area contributed by atoms with E-state index in [4.69, 9.17) is 0 Å². The summed E-state index contributed by atoms with van der Waals surface area (Å²) < 4.78 is 25.0. The standard InChI is InChI=1S/C15H26N2O2S/c1-3-13-6-7-15(9-13,12-16)10-14-5-4-8-17(11-14)20(2,18)19/h13-14H,3-11H2,1-2H3. The fourth-order valence-corrected chi connectivity index (χ4v) is 4.91. The van der Waals surface area contributed by atoms with Crippen LogP contribution in [0.3, 0.4) is 0 Å². The second kappa shape index (κ2) is 6.03. The molecular weight excluding hydrogens is 272 g/mol. The molecule has 0 bridgehead atoms. The van der Waals surface area contributed by atoms with Gasteiger partial charge in [0.2, 0.25) is 10.0 Å². The highest BCUT2D eigenvalue weighted by molar-refractivity contribution is 7.88. The van der Waals surface area contributed by atoms with E-state index in [2.05, 4.69) is 13.0 Å². The van der Waals surface area contributed by atoms with Crippen LogP contribution >= 0.6 is 0 Å². The maximum atomic E-state index is 11.7. The molecule has 114 valence electrons. The number of nitrogens with zero attached hydrogens (tertiary/aromatic N) is 2. The van der Waals surface area contributed by atoms with Crippen LogP contribution < -0.4 is 0 Å². The third-order valence-electron chi connectivity index (χ3n) is 5.16. The van der Waals surface area contributed by atoms with Gasteiger partial charge in [0.1, 0.15) is 0 Å². The summed E-state index contributed by atoms with van der Waals surface area (Å²) in [5, 5.41) is 9.60. The van der Waals surface area contributed by atoms with E-state index in [1.54, 1.807) is 4.31 Å². The van der Waals surface area contributed by atoms with Crippen LogP contribution in [0.1, 0.15) is 51.9 Å². The van der Waals surface area contributed by atoms with E-state index >= 15 is 0 Å². The molecule has 5 heteroatoms. The first-order valence-corrected chi connectivity index (χ1v) is 9.60. The van der Waals surface area contributed by atoms with Gasteiger partial charge >= 0.3 is 0 Å². The van der Waals surface area contributed by atoms with Gasteiger partial charge in [-0.3, -0.25) is 0 Å². The van der Waals surface area contributed by atoms with Crippen LogP contribution in [0.15, 0.2) is 0 Å². The minimum Gasteiger partial charge on any atom is -0.213 e. The lowest BCUT2D eigenvalue weighted by atomic mass is 9.76. The number of hydrogen-bond acceptors (Lipinski definition) is 3. The zero-order chi connectivity index (χ0) is 14.8. The molecule has 20 heavy (non-hydrogen) atoms. The molecule has 1 aliphatic heterocycles. The molecule has 1 saturated heterocycles. The molecule has 2 fully saturated rings. The van der Waals surface area contributed by atoms with E-state index in [1.807, 2.05) is 0 Å². The molecule has 4 nitrogen and oxygen atoms in total. The van der Waals surface area contributed by atoms with Crippen LogP contribution in [-0.4, -0.2) is 32.1 Å². The number of sulfonamides is 1. The van der Waals surface area contributed by atoms with Gasteiger partial charge in [-0.2, -0.15) is 5.26 Å². The highest BCUT2D eigenvalue weighted by Gasteiger charge is 2.41. The van der Waals surface area contributed by atoms with Crippen molar-refractivity contribution in [2.75, 3.05) is 19.3 Å². The lowest BCUT2D eigenvalue weighted by Gasteiger charge is -2.34. The zero-order valence-electron chi connectivity index (χ0n) is 12.6. The van der Waals surface area contributed by atoms with Crippen molar-refractivity contribution < 1.29 is 8.42 Å². The fraction of sp³-hybridized carbons (Fsp3) is 0.933. The molecule has 0 spiro atoms. The van der Waals surface area contributed by atoms with Gasteiger partial charge in [-0.15, -0.1) is 0 Å². The summed E-state index contributed by atoms with van der Waals surface area (Å²) in [5.41, 5.74) is -0.189. The average molecular weight is 298 g/mol. The molecule has 1 heterocycles. The Labute approximate surface area is 123 Å². The summed E-state index contributed by atoms with van der Waals surface area (Å²) in [6.07, 6.45) is 8.48. The van der Waals surface area contributed by atoms with Crippen molar-refractivity contribution >= 4 is 10.0 Å². The topological polar surface area (TPSA) is 61.2 Å². The highest BCUT2D eigenvalue weighted by Crippen LogP contribution is 2.47. The average Bonchev–Trinajstić information content (AvgIpc) is 2.82. The van der Waals surface area contributed by atoms with E-state index < -0.39 is 10.0 Å². The van der Waals surface area contributed by atoms with Crippen molar-refractivity contribution in [1.82, 2.24) is 4.31 Å². The minimum atomic E-state index is -3.08. The van der Waals surface area contributed by atoms with Gasteiger partial charge in [0.05, 0.1) is 17.7 Å². The molecule has 1 aliphatic carbocycles. The second-order valence-corrected chi connectivity index (χ2v) is 8.73. The van der Waals surface area contributed by atoms with Gasteiger partial charge in [-0.25, -0.2) is 12.7 Å². The van der Waals surface area contributed by atoms with Crippen molar-refractivity contribution in [2.24, 2.45) is 17.3 Å². The summed E-state index contributed by atoms with van der Waals surface area (Å²) >= 11 is 0. The van der Waals surface area contributed by atoms with E-state index in [-0.39, 0.29) is 5.41 Å². The quantitative estimate of drug-likeness (QED) is 0.801. The maximum absolute atomic E-state index is 11.7. The van der Waals surface area contributed by atoms with E-state index in [0.717, 1.165) is 44.9 Å². The van der Waals surface area contributed by atoms with E-state index in [9.17, 15) is 13.7 Å². The smallest absolute Gasteiger partial charge is 0.211 e. The molecule has 0 aromatic heterocycles. The molecule has 0 amide bonds. The molecule has 3 atom stereocenters. The van der Waals surface area contributed by atoms with Gasteiger partial charge in [0, 0.05) is 13.1 Å². The van der Waals surface area contributed by atoms with Gasteiger partial charge < -0.3 is 0 Å². The van der Waals surface area contributed by atoms with Crippen molar-refractivity contribution in [3.05, 3.63) is 0 Å². The molecule has 0 radical (unpaired) electrons. The number of rotatable bonds is 4. The summed E-state index contributed by atoms with van der Waals surface area (Å²) in [4.78, 5) is 0. The molecule has 0 N–H and O–H groups in total. The van der Waals surface area contributed by atoms with Crippen molar-refractivity contribution in [3.8, 4) is 6.07 Å². The molecule has 2 aliphatic rings.